The number of aromatic nitrogens is 2. The van der Waals surface area contributed by atoms with Gasteiger partial charge in [-0.1, -0.05) is 0 Å². The summed E-state index contributed by atoms with van der Waals surface area (Å²) in [4.78, 5) is 22.8. The van der Waals surface area contributed by atoms with Crippen molar-refractivity contribution in [2.75, 3.05) is 0 Å². The Morgan fingerprint density at radius 2 is 2.15 bits per heavy atom. The van der Waals surface area contributed by atoms with E-state index in [1.807, 2.05) is 19.9 Å². The monoisotopic (exact) mass is 279 g/mol. The second-order valence-corrected chi connectivity index (χ2v) is 5.65. The van der Waals surface area contributed by atoms with Crippen LogP contribution < -0.4 is 5.32 Å². The van der Waals surface area contributed by atoms with Gasteiger partial charge in [-0.3, -0.25) is 14.3 Å². The molecule has 2 N–H and O–H groups in total. The molecule has 20 heavy (non-hydrogen) atoms. The first-order valence-corrected chi connectivity index (χ1v) is 6.94. The van der Waals surface area contributed by atoms with Crippen molar-refractivity contribution in [3.8, 4) is 0 Å². The number of hydrogen-bond acceptors (Lipinski definition) is 3. The summed E-state index contributed by atoms with van der Waals surface area (Å²) < 4.78 is 1.81. The molecule has 1 heterocycles. The lowest BCUT2D eigenvalue weighted by atomic mass is 9.74. The first-order chi connectivity index (χ1) is 9.40. The molecule has 6 heteroatoms. The van der Waals surface area contributed by atoms with Crippen LogP contribution in [0, 0.1) is 13.8 Å². The third-order valence-electron chi connectivity index (χ3n) is 3.86. The van der Waals surface area contributed by atoms with Crippen molar-refractivity contribution in [3.05, 3.63) is 17.5 Å². The number of carboxylic acids is 1. The summed E-state index contributed by atoms with van der Waals surface area (Å²) in [6.45, 7) is 4.39. The molecule has 0 atom stereocenters. The number of nitrogens with zero attached hydrogens (tertiary/aromatic N) is 2. The zero-order valence-corrected chi connectivity index (χ0v) is 12.0. The largest absolute Gasteiger partial charge is 0.481 e. The molecule has 1 aliphatic carbocycles. The molecule has 0 unspecified atom stereocenters. The number of hydrogen-bond donors (Lipinski definition) is 2. The second-order valence-electron chi connectivity index (χ2n) is 5.65. The molecule has 1 aromatic heterocycles. The number of carbonyl (C=O) groups excluding carboxylic acids is 1. The molecule has 0 bridgehead atoms. The molecule has 1 aliphatic rings. The molecule has 1 aromatic rings. The Balaban J connectivity index is 1.86. The summed E-state index contributed by atoms with van der Waals surface area (Å²) in [6, 6.07) is 1.97. The van der Waals surface area contributed by atoms with E-state index in [1.54, 1.807) is 4.68 Å². The Morgan fingerprint density at radius 3 is 2.60 bits per heavy atom. The van der Waals surface area contributed by atoms with Crippen molar-refractivity contribution in [2.45, 2.75) is 58.0 Å². The molecule has 1 saturated carbocycles. The lowest BCUT2D eigenvalue weighted by Crippen LogP contribution is -2.54. The van der Waals surface area contributed by atoms with E-state index in [0.29, 0.717) is 13.0 Å². The molecule has 0 aliphatic heterocycles. The third kappa shape index (κ3) is 3.37. The van der Waals surface area contributed by atoms with Crippen LogP contribution in [0.3, 0.4) is 0 Å². The number of aliphatic carboxylic acids is 1. The minimum absolute atomic E-state index is 0.0125. The number of nitrogens with one attached hydrogen (secondary N) is 1. The van der Waals surface area contributed by atoms with Crippen LogP contribution in [0.1, 0.15) is 43.5 Å². The van der Waals surface area contributed by atoms with E-state index in [4.69, 9.17) is 5.11 Å². The molecule has 1 amide bonds. The average Bonchev–Trinajstić information content (AvgIpc) is 2.61. The predicted octanol–water partition coefficient (Wildman–Crippen LogP) is 1.40. The molecule has 1 fully saturated rings. The number of carbonyl (C=O) groups is 2. The van der Waals surface area contributed by atoms with E-state index in [-0.39, 0.29) is 12.3 Å². The molecule has 6 nitrogen and oxygen atoms in total. The fourth-order valence-corrected chi connectivity index (χ4v) is 2.71. The van der Waals surface area contributed by atoms with Crippen LogP contribution in [0.4, 0.5) is 0 Å². The van der Waals surface area contributed by atoms with Gasteiger partial charge in [0.15, 0.2) is 0 Å². The molecule has 0 saturated heterocycles. The van der Waals surface area contributed by atoms with Gasteiger partial charge in [0.25, 0.3) is 0 Å². The minimum atomic E-state index is -0.858. The fraction of sp³-hybridized carbons (Fsp3) is 0.643. The highest BCUT2D eigenvalue weighted by atomic mass is 16.4. The Kier molecular flexibility index (Phi) is 4.11. The van der Waals surface area contributed by atoms with E-state index >= 15 is 0 Å². The third-order valence-corrected chi connectivity index (χ3v) is 3.86. The van der Waals surface area contributed by atoms with E-state index in [9.17, 15) is 9.59 Å². The van der Waals surface area contributed by atoms with Gasteiger partial charge in [0.1, 0.15) is 0 Å². The SMILES string of the molecule is Cc1cc(C)n(CCC(=O)NC2(CC(=O)O)CCC2)n1. The quantitative estimate of drug-likeness (QED) is 0.824. The zero-order chi connectivity index (χ0) is 14.8. The van der Waals surface area contributed by atoms with Gasteiger partial charge in [0.2, 0.25) is 5.91 Å². The van der Waals surface area contributed by atoms with Crippen LogP contribution in [0.2, 0.25) is 0 Å². The van der Waals surface area contributed by atoms with Crippen LogP contribution in [0.15, 0.2) is 6.07 Å². The van der Waals surface area contributed by atoms with Crippen LogP contribution >= 0.6 is 0 Å². The second kappa shape index (κ2) is 5.64. The van der Waals surface area contributed by atoms with Crippen molar-refractivity contribution < 1.29 is 14.7 Å². The first kappa shape index (κ1) is 14.6. The highest BCUT2D eigenvalue weighted by Gasteiger charge is 2.40. The van der Waals surface area contributed by atoms with Gasteiger partial charge < -0.3 is 10.4 Å². The topological polar surface area (TPSA) is 84.2 Å². The van der Waals surface area contributed by atoms with Gasteiger partial charge in [0, 0.05) is 18.7 Å². The molecular formula is C14H21N3O3. The maximum Gasteiger partial charge on any atom is 0.305 e. The zero-order valence-electron chi connectivity index (χ0n) is 12.0. The summed E-state index contributed by atoms with van der Waals surface area (Å²) in [5, 5.41) is 16.1. The van der Waals surface area contributed by atoms with Crippen molar-refractivity contribution in [3.63, 3.8) is 0 Å². The molecule has 0 radical (unpaired) electrons. The molecule has 0 aromatic carbocycles. The highest BCUT2D eigenvalue weighted by Crippen LogP contribution is 2.34. The van der Waals surface area contributed by atoms with Gasteiger partial charge in [0.05, 0.1) is 17.7 Å². The summed E-state index contributed by atoms with van der Waals surface area (Å²) in [5.41, 5.74) is 1.45. The molecule has 0 spiro atoms. The minimum Gasteiger partial charge on any atom is -0.481 e. The summed E-state index contributed by atoms with van der Waals surface area (Å²) in [5.74, 6) is -0.956. The molecular weight excluding hydrogens is 258 g/mol. The number of carboxylic acid groups (broad SMARTS) is 1. The van der Waals surface area contributed by atoms with Gasteiger partial charge in [-0.05, 0) is 39.2 Å². The molecule has 110 valence electrons. The number of aryl methyl sites for hydroxylation is 3. The highest BCUT2D eigenvalue weighted by molar-refractivity contribution is 5.78. The van der Waals surface area contributed by atoms with Gasteiger partial charge in [-0.2, -0.15) is 5.10 Å². The van der Waals surface area contributed by atoms with Crippen molar-refractivity contribution >= 4 is 11.9 Å². The van der Waals surface area contributed by atoms with E-state index in [1.165, 1.54) is 0 Å². The maximum absolute atomic E-state index is 12.0. The van der Waals surface area contributed by atoms with Crippen LogP contribution in [-0.4, -0.2) is 32.3 Å². The van der Waals surface area contributed by atoms with Crippen molar-refractivity contribution in [2.24, 2.45) is 0 Å². The van der Waals surface area contributed by atoms with E-state index in [0.717, 1.165) is 30.7 Å². The lowest BCUT2D eigenvalue weighted by Gasteiger charge is -2.41. The van der Waals surface area contributed by atoms with Gasteiger partial charge >= 0.3 is 5.97 Å². The van der Waals surface area contributed by atoms with E-state index in [2.05, 4.69) is 10.4 Å². The van der Waals surface area contributed by atoms with Gasteiger partial charge in [-0.15, -0.1) is 0 Å². The van der Waals surface area contributed by atoms with Crippen LogP contribution in [0.5, 0.6) is 0 Å². The van der Waals surface area contributed by atoms with Gasteiger partial charge in [-0.25, -0.2) is 0 Å². The first-order valence-electron chi connectivity index (χ1n) is 6.94. The Bertz CT molecular complexity index is 518. The van der Waals surface area contributed by atoms with E-state index < -0.39 is 11.5 Å². The summed E-state index contributed by atoms with van der Waals surface area (Å²) in [7, 11) is 0. The number of amides is 1. The maximum atomic E-state index is 12.0. The predicted molar refractivity (Wildman–Crippen MR) is 73.3 cm³/mol. The van der Waals surface area contributed by atoms with Crippen molar-refractivity contribution in [1.29, 1.82) is 0 Å². The van der Waals surface area contributed by atoms with Crippen LogP contribution in [0.25, 0.3) is 0 Å². The fourth-order valence-electron chi connectivity index (χ4n) is 2.71. The summed E-state index contributed by atoms with van der Waals surface area (Å²) >= 11 is 0. The Morgan fingerprint density at radius 1 is 1.45 bits per heavy atom. The smallest absolute Gasteiger partial charge is 0.305 e. The Labute approximate surface area is 118 Å². The average molecular weight is 279 g/mol. The standard InChI is InChI=1S/C14H21N3O3/c1-10-8-11(2)17(16-10)7-4-12(18)15-14(5-3-6-14)9-13(19)20/h8H,3-7,9H2,1-2H3,(H,15,18)(H,19,20). The van der Waals surface area contributed by atoms with Crippen LogP contribution in [-0.2, 0) is 16.1 Å². The normalized spacial score (nSPS) is 16.5. The van der Waals surface area contributed by atoms with Crippen molar-refractivity contribution in [1.82, 2.24) is 15.1 Å². The Hall–Kier alpha value is -1.85. The lowest BCUT2D eigenvalue weighted by molar-refractivity contribution is -0.140. The summed E-state index contributed by atoms with van der Waals surface area (Å²) in [6.07, 6.45) is 2.82. The number of rotatable bonds is 6. The molecule has 2 rings (SSSR count).